The number of hydrogen-bond acceptors (Lipinski definition) is 3. The molecule has 6 heteroatoms. The van der Waals surface area contributed by atoms with E-state index >= 15 is 0 Å². The molecule has 3 N–H and O–H groups in total. The lowest BCUT2D eigenvalue weighted by Gasteiger charge is -2.19. The van der Waals surface area contributed by atoms with Gasteiger partial charge in [0.1, 0.15) is 0 Å². The molecule has 21 heavy (non-hydrogen) atoms. The first-order valence-corrected chi connectivity index (χ1v) is 6.75. The molecule has 2 amide bonds. The number of nitrogens with two attached hydrogens (primary N) is 1. The van der Waals surface area contributed by atoms with Crippen molar-refractivity contribution in [3.63, 3.8) is 0 Å². The van der Waals surface area contributed by atoms with Crippen LogP contribution in [0.15, 0.2) is 12.1 Å². The number of hydrogen-bond donors (Lipinski definition) is 2. The Labute approximate surface area is 122 Å². The van der Waals surface area contributed by atoms with Gasteiger partial charge in [-0.05, 0) is 31.4 Å². The zero-order valence-corrected chi connectivity index (χ0v) is 12.0. The maximum Gasteiger partial charge on any atom is 0.336 e. The molecule has 1 unspecified atom stereocenters. The summed E-state index contributed by atoms with van der Waals surface area (Å²) in [5.74, 6) is -2.25. The fourth-order valence-corrected chi connectivity index (χ4v) is 2.70. The third-order valence-electron chi connectivity index (χ3n) is 3.93. The standard InChI is InChI=1S/C15H18N2O4/c1-8-3-4-9(2)12(15(20)21)11(8)14(19)17-6-5-10(7-17)13(16)18/h3-4,10H,5-7H2,1-2H3,(H2,16,18)(H,20,21). The zero-order chi connectivity index (χ0) is 15.7. The van der Waals surface area contributed by atoms with Crippen LogP contribution in [0.3, 0.4) is 0 Å². The average Bonchev–Trinajstić information content (AvgIpc) is 2.89. The van der Waals surface area contributed by atoms with Gasteiger partial charge < -0.3 is 15.7 Å². The lowest BCUT2D eigenvalue weighted by Crippen LogP contribution is -2.33. The van der Waals surface area contributed by atoms with Gasteiger partial charge in [0.2, 0.25) is 5.91 Å². The second-order valence-corrected chi connectivity index (χ2v) is 5.39. The van der Waals surface area contributed by atoms with Crippen LogP contribution in [0.2, 0.25) is 0 Å². The topological polar surface area (TPSA) is 101 Å². The third-order valence-corrected chi connectivity index (χ3v) is 3.93. The fraction of sp³-hybridized carbons (Fsp3) is 0.400. The number of primary amides is 1. The molecule has 1 aromatic carbocycles. The Hall–Kier alpha value is -2.37. The van der Waals surface area contributed by atoms with Gasteiger partial charge in [-0.2, -0.15) is 0 Å². The van der Waals surface area contributed by atoms with Crippen LogP contribution in [0.25, 0.3) is 0 Å². The van der Waals surface area contributed by atoms with E-state index < -0.39 is 11.9 Å². The van der Waals surface area contributed by atoms with Gasteiger partial charge in [0, 0.05) is 13.1 Å². The summed E-state index contributed by atoms with van der Waals surface area (Å²) in [6.07, 6.45) is 0.522. The smallest absolute Gasteiger partial charge is 0.336 e. The monoisotopic (exact) mass is 290 g/mol. The number of carbonyl (C=O) groups excluding carboxylic acids is 2. The molecule has 2 rings (SSSR count). The quantitative estimate of drug-likeness (QED) is 0.865. The van der Waals surface area contributed by atoms with Gasteiger partial charge in [0.25, 0.3) is 5.91 Å². The highest BCUT2D eigenvalue weighted by Gasteiger charge is 2.32. The number of nitrogens with zero attached hydrogens (tertiary/aromatic N) is 1. The molecule has 0 aliphatic carbocycles. The highest BCUT2D eigenvalue weighted by molar-refractivity contribution is 6.07. The number of likely N-dealkylation sites (tertiary alicyclic amines) is 1. The van der Waals surface area contributed by atoms with Crippen molar-refractivity contribution in [3.05, 3.63) is 34.4 Å². The van der Waals surface area contributed by atoms with Crippen molar-refractivity contribution in [3.8, 4) is 0 Å². The Bertz CT molecular complexity index is 624. The molecule has 1 aliphatic heterocycles. The zero-order valence-electron chi connectivity index (χ0n) is 12.0. The van der Waals surface area contributed by atoms with Crippen LogP contribution >= 0.6 is 0 Å². The molecule has 1 aliphatic rings. The number of carbonyl (C=O) groups is 3. The van der Waals surface area contributed by atoms with Crippen molar-refractivity contribution in [1.29, 1.82) is 0 Å². The molecule has 0 spiro atoms. The number of aryl methyl sites for hydroxylation is 2. The Morgan fingerprint density at radius 2 is 1.76 bits per heavy atom. The molecule has 1 fully saturated rings. The van der Waals surface area contributed by atoms with E-state index in [4.69, 9.17) is 5.73 Å². The molecule has 1 saturated heterocycles. The summed E-state index contributed by atoms with van der Waals surface area (Å²) in [6.45, 7) is 4.04. The van der Waals surface area contributed by atoms with E-state index in [0.29, 0.717) is 24.1 Å². The first-order valence-electron chi connectivity index (χ1n) is 6.75. The van der Waals surface area contributed by atoms with Gasteiger partial charge >= 0.3 is 5.97 Å². The van der Waals surface area contributed by atoms with Crippen molar-refractivity contribution < 1.29 is 19.5 Å². The second-order valence-electron chi connectivity index (χ2n) is 5.39. The van der Waals surface area contributed by atoms with E-state index in [9.17, 15) is 19.5 Å². The average molecular weight is 290 g/mol. The van der Waals surface area contributed by atoms with Crippen LogP contribution in [0.5, 0.6) is 0 Å². The lowest BCUT2D eigenvalue weighted by molar-refractivity contribution is -0.121. The van der Waals surface area contributed by atoms with Gasteiger partial charge in [0.15, 0.2) is 0 Å². The minimum Gasteiger partial charge on any atom is -0.478 e. The molecule has 0 saturated carbocycles. The predicted octanol–water partition coefficient (Wildman–Crippen LogP) is 0.949. The van der Waals surface area contributed by atoms with E-state index in [1.165, 1.54) is 4.90 Å². The normalized spacial score (nSPS) is 17.8. The minimum absolute atomic E-state index is 0.0301. The van der Waals surface area contributed by atoms with Gasteiger partial charge in [-0.25, -0.2) is 4.79 Å². The first-order chi connectivity index (χ1) is 9.82. The summed E-state index contributed by atoms with van der Waals surface area (Å²) in [5, 5.41) is 9.36. The third kappa shape index (κ3) is 2.74. The number of carboxylic acid groups (broad SMARTS) is 1. The maximum atomic E-state index is 12.6. The van der Waals surface area contributed by atoms with Crippen LogP contribution in [0.1, 0.15) is 38.3 Å². The number of rotatable bonds is 3. The Balaban J connectivity index is 2.38. The van der Waals surface area contributed by atoms with E-state index in [-0.39, 0.29) is 29.5 Å². The SMILES string of the molecule is Cc1ccc(C)c(C(=O)N2CCC(C(N)=O)C2)c1C(=O)O. The molecule has 0 aromatic heterocycles. The van der Waals surface area contributed by atoms with Crippen LogP contribution in [-0.4, -0.2) is 40.9 Å². The summed E-state index contributed by atoms with van der Waals surface area (Å²) in [4.78, 5) is 36.8. The van der Waals surface area contributed by atoms with Crippen LogP contribution < -0.4 is 5.73 Å². The van der Waals surface area contributed by atoms with Gasteiger partial charge in [-0.15, -0.1) is 0 Å². The minimum atomic E-state index is -1.12. The van der Waals surface area contributed by atoms with Crippen LogP contribution in [0.4, 0.5) is 0 Å². The molecular weight excluding hydrogens is 272 g/mol. The maximum absolute atomic E-state index is 12.6. The van der Waals surface area contributed by atoms with Crippen LogP contribution in [0, 0.1) is 19.8 Å². The number of amides is 2. The Morgan fingerprint density at radius 3 is 2.24 bits per heavy atom. The largest absolute Gasteiger partial charge is 0.478 e. The van der Waals surface area contributed by atoms with Gasteiger partial charge in [-0.1, -0.05) is 12.1 Å². The van der Waals surface area contributed by atoms with E-state index in [0.717, 1.165) is 0 Å². The Kier molecular flexibility index (Phi) is 3.97. The highest BCUT2D eigenvalue weighted by atomic mass is 16.4. The van der Waals surface area contributed by atoms with Crippen LogP contribution in [-0.2, 0) is 4.79 Å². The highest BCUT2D eigenvalue weighted by Crippen LogP contribution is 2.24. The fourth-order valence-electron chi connectivity index (χ4n) is 2.70. The molecule has 6 nitrogen and oxygen atoms in total. The lowest BCUT2D eigenvalue weighted by atomic mass is 9.96. The van der Waals surface area contributed by atoms with E-state index in [1.54, 1.807) is 26.0 Å². The molecule has 112 valence electrons. The molecule has 1 aromatic rings. The van der Waals surface area contributed by atoms with Crippen molar-refractivity contribution >= 4 is 17.8 Å². The number of aromatic carboxylic acids is 1. The van der Waals surface area contributed by atoms with Crippen molar-refractivity contribution in [2.75, 3.05) is 13.1 Å². The van der Waals surface area contributed by atoms with Crippen molar-refractivity contribution in [1.82, 2.24) is 4.90 Å². The van der Waals surface area contributed by atoms with E-state index in [2.05, 4.69) is 0 Å². The molecular formula is C15H18N2O4. The summed E-state index contributed by atoms with van der Waals surface area (Å²) in [5.41, 5.74) is 6.65. The van der Waals surface area contributed by atoms with Crippen molar-refractivity contribution in [2.24, 2.45) is 11.7 Å². The first kappa shape index (κ1) is 15.0. The van der Waals surface area contributed by atoms with Gasteiger partial charge in [-0.3, -0.25) is 9.59 Å². The van der Waals surface area contributed by atoms with E-state index in [1.807, 2.05) is 0 Å². The summed E-state index contributed by atoms with van der Waals surface area (Å²) >= 11 is 0. The molecule has 1 heterocycles. The second kappa shape index (κ2) is 5.55. The molecule has 1 atom stereocenters. The molecule has 0 radical (unpaired) electrons. The predicted molar refractivity (Wildman–Crippen MR) is 76.1 cm³/mol. The number of benzene rings is 1. The summed E-state index contributed by atoms with van der Waals surface area (Å²) in [6, 6.07) is 3.42. The Morgan fingerprint density at radius 1 is 1.19 bits per heavy atom. The van der Waals surface area contributed by atoms with Gasteiger partial charge in [0.05, 0.1) is 17.0 Å². The van der Waals surface area contributed by atoms with Crippen molar-refractivity contribution in [2.45, 2.75) is 20.3 Å². The number of carboxylic acids is 1. The summed E-state index contributed by atoms with van der Waals surface area (Å²) < 4.78 is 0. The molecule has 0 bridgehead atoms. The summed E-state index contributed by atoms with van der Waals surface area (Å²) in [7, 11) is 0.